The van der Waals surface area contributed by atoms with E-state index in [0.29, 0.717) is 11.5 Å². The van der Waals surface area contributed by atoms with Crippen LogP contribution in [0.1, 0.15) is 32.1 Å². The van der Waals surface area contributed by atoms with Gasteiger partial charge in [-0.3, -0.25) is 0 Å². The maximum atomic E-state index is 6.42. The van der Waals surface area contributed by atoms with E-state index in [0.717, 1.165) is 12.2 Å². The number of halogens is 2. The first-order chi connectivity index (χ1) is 8.21. The van der Waals surface area contributed by atoms with Gasteiger partial charge in [0.25, 0.3) is 0 Å². The third-order valence-corrected chi connectivity index (χ3v) is 5.64. The second kappa shape index (κ2) is 4.61. The molecule has 1 aromatic rings. The lowest BCUT2D eigenvalue weighted by molar-refractivity contribution is -0.0355. The van der Waals surface area contributed by atoms with E-state index in [1.165, 1.54) is 29.3 Å². The van der Waals surface area contributed by atoms with Crippen LogP contribution in [0.3, 0.4) is 0 Å². The van der Waals surface area contributed by atoms with Gasteiger partial charge in [0, 0.05) is 20.8 Å². The number of ether oxygens (including phenoxy) is 1. The highest BCUT2D eigenvalue weighted by molar-refractivity contribution is 14.1. The lowest BCUT2D eigenvalue weighted by atomic mass is 9.64. The molecule has 2 unspecified atom stereocenters. The minimum absolute atomic E-state index is 0.282. The molecule has 1 aromatic carbocycles. The minimum atomic E-state index is 0.282. The molecule has 0 bridgehead atoms. The largest absolute Gasteiger partial charge is 0.490 e. The highest BCUT2D eigenvalue weighted by Crippen LogP contribution is 2.57. The van der Waals surface area contributed by atoms with Gasteiger partial charge in [0.05, 0.1) is 0 Å². The molecule has 3 rings (SSSR count). The van der Waals surface area contributed by atoms with E-state index in [9.17, 15) is 0 Å². The minimum Gasteiger partial charge on any atom is -0.490 e. The summed E-state index contributed by atoms with van der Waals surface area (Å²) in [5.74, 6) is 0.991. The van der Waals surface area contributed by atoms with Crippen LogP contribution in [0.25, 0.3) is 0 Å². The van der Waals surface area contributed by atoms with Crippen molar-refractivity contribution in [3.05, 3.63) is 27.8 Å². The van der Waals surface area contributed by atoms with Crippen molar-refractivity contribution in [2.24, 2.45) is 5.41 Å². The lowest BCUT2D eigenvalue weighted by Crippen LogP contribution is -2.55. The molecule has 0 heterocycles. The highest BCUT2D eigenvalue weighted by Gasteiger charge is 2.56. The molecule has 0 saturated heterocycles. The van der Waals surface area contributed by atoms with E-state index in [4.69, 9.17) is 16.3 Å². The van der Waals surface area contributed by atoms with Gasteiger partial charge in [-0.1, -0.05) is 12.8 Å². The number of alkyl halides is 1. The van der Waals surface area contributed by atoms with Gasteiger partial charge in [0.2, 0.25) is 0 Å². The van der Waals surface area contributed by atoms with Crippen LogP contribution in [-0.2, 0) is 0 Å². The summed E-state index contributed by atoms with van der Waals surface area (Å²) in [6, 6.07) is 8.31. The summed E-state index contributed by atoms with van der Waals surface area (Å²) in [6.45, 7) is 0. The summed E-state index contributed by atoms with van der Waals surface area (Å²) in [6.07, 6.45) is 6.47. The van der Waals surface area contributed by atoms with Crippen LogP contribution in [0.4, 0.5) is 0 Å². The molecular weight excluding hydrogens is 347 g/mol. The van der Waals surface area contributed by atoms with Crippen molar-refractivity contribution in [1.82, 2.24) is 0 Å². The van der Waals surface area contributed by atoms with Crippen LogP contribution >= 0.6 is 34.2 Å². The Morgan fingerprint density at radius 3 is 2.41 bits per heavy atom. The molecule has 2 aliphatic rings. The summed E-state index contributed by atoms with van der Waals surface area (Å²) in [5, 5.41) is 0.332. The van der Waals surface area contributed by atoms with E-state index >= 15 is 0 Å². The topological polar surface area (TPSA) is 9.23 Å². The van der Waals surface area contributed by atoms with Gasteiger partial charge in [0.15, 0.2) is 0 Å². The quantitative estimate of drug-likeness (QED) is 0.551. The zero-order chi connectivity index (χ0) is 11.9. The van der Waals surface area contributed by atoms with Gasteiger partial charge in [-0.05, 0) is 59.7 Å². The monoisotopic (exact) mass is 362 g/mol. The van der Waals surface area contributed by atoms with E-state index < -0.39 is 0 Å². The molecule has 1 nitrogen and oxygen atoms in total. The van der Waals surface area contributed by atoms with Gasteiger partial charge < -0.3 is 4.74 Å². The predicted molar refractivity (Wildman–Crippen MR) is 78.7 cm³/mol. The van der Waals surface area contributed by atoms with Crippen LogP contribution in [0.5, 0.6) is 5.75 Å². The molecule has 0 radical (unpaired) electrons. The molecule has 0 aliphatic heterocycles. The van der Waals surface area contributed by atoms with Crippen molar-refractivity contribution in [3.63, 3.8) is 0 Å². The molecule has 3 heteroatoms. The molecule has 92 valence electrons. The van der Waals surface area contributed by atoms with E-state index in [-0.39, 0.29) is 5.41 Å². The maximum Gasteiger partial charge on any atom is 0.119 e. The Morgan fingerprint density at radius 1 is 1.18 bits per heavy atom. The SMILES string of the molecule is ClC1CC(Oc2ccc(I)cc2)C12CCCC2. The van der Waals surface area contributed by atoms with Crippen LogP contribution < -0.4 is 4.74 Å². The Morgan fingerprint density at radius 2 is 1.82 bits per heavy atom. The van der Waals surface area contributed by atoms with Crippen molar-refractivity contribution in [2.75, 3.05) is 0 Å². The first kappa shape index (κ1) is 12.1. The number of hydrogen-bond acceptors (Lipinski definition) is 1. The fourth-order valence-electron chi connectivity index (χ4n) is 3.21. The molecule has 0 amide bonds. The van der Waals surface area contributed by atoms with Gasteiger partial charge in [-0.15, -0.1) is 11.6 Å². The molecule has 2 atom stereocenters. The van der Waals surface area contributed by atoms with Crippen LogP contribution in [-0.4, -0.2) is 11.5 Å². The third kappa shape index (κ3) is 2.07. The van der Waals surface area contributed by atoms with Crippen molar-refractivity contribution in [3.8, 4) is 5.75 Å². The van der Waals surface area contributed by atoms with Crippen molar-refractivity contribution in [1.29, 1.82) is 0 Å². The van der Waals surface area contributed by atoms with Crippen molar-refractivity contribution >= 4 is 34.2 Å². The Bertz CT molecular complexity index is 397. The van der Waals surface area contributed by atoms with Gasteiger partial charge in [-0.25, -0.2) is 0 Å². The molecule has 2 fully saturated rings. The molecule has 2 aliphatic carbocycles. The van der Waals surface area contributed by atoms with Crippen LogP contribution in [0, 0.1) is 8.99 Å². The molecule has 0 aromatic heterocycles. The van der Waals surface area contributed by atoms with E-state index in [1.54, 1.807) is 0 Å². The predicted octanol–water partition coefficient (Wildman–Crippen LogP) is 4.61. The standard InChI is InChI=1S/C14H16ClIO/c15-12-9-13(14(12)7-1-2-8-14)17-11-5-3-10(16)4-6-11/h3-6,12-13H,1-2,7-9H2. The Hall–Kier alpha value is 0.0400. The van der Waals surface area contributed by atoms with Crippen molar-refractivity contribution < 1.29 is 4.74 Å². The molecule has 17 heavy (non-hydrogen) atoms. The fraction of sp³-hybridized carbons (Fsp3) is 0.571. The van der Waals surface area contributed by atoms with Crippen LogP contribution in [0.15, 0.2) is 24.3 Å². The second-order valence-corrected chi connectivity index (χ2v) is 6.98. The van der Waals surface area contributed by atoms with Gasteiger partial charge >= 0.3 is 0 Å². The number of rotatable bonds is 2. The van der Waals surface area contributed by atoms with Gasteiger partial charge in [0.1, 0.15) is 11.9 Å². The van der Waals surface area contributed by atoms with E-state index in [1.807, 2.05) is 0 Å². The molecule has 0 N–H and O–H groups in total. The molecule has 1 spiro atoms. The Labute approximate surface area is 121 Å². The van der Waals surface area contributed by atoms with Gasteiger partial charge in [-0.2, -0.15) is 0 Å². The molecular formula is C14H16ClIO. The average Bonchev–Trinajstić information content (AvgIpc) is 2.83. The second-order valence-electron chi connectivity index (χ2n) is 5.20. The third-order valence-electron chi connectivity index (χ3n) is 4.31. The first-order valence-corrected chi connectivity index (χ1v) is 7.78. The molecule has 2 saturated carbocycles. The summed E-state index contributed by atoms with van der Waals surface area (Å²) >= 11 is 8.73. The van der Waals surface area contributed by atoms with Crippen LogP contribution in [0.2, 0.25) is 0 Å². The normalized spacial score (nSPS) is 30.2. The zero-order valence-corrected chi connectivity index (χ0v) is 12.6. The Kier molecular flexibility index (Phi) is 3.28. The number of benzene rings is 1. The average molecular weight is 363 g/mol. The maximum absolute atomic E-state index is 6.42. The first-order valence-electron chi connectivity index (χ1n) is 6.27. The summed E-state index contributed by atoms with van der Waals surface area (Å²) < 4.78 is 7.37. The zero-order valence-electron chi connectivity index (χ0n) is 9.66. The fourth-order valence-corrected chi connectivity index (χ4v) is 4.09. The highest BCUT2D eigenvalue weighted by atomic mass is 127. The Balaban J connectivity index is 1.72. The lowest BCUT2D eigenvalue weighted by Gasteiger charge is -2.50. The summed E-state index contributed by atoms with van der Waals surface area (Å²) in [5.41, 5.74) is 0.282. The summed E-state index contributed by atoms with van der Waals surface area (Å²) in [4.78, 5) is 0. The number of hydrogen-bond donors (Lipinski definition) is 0. The smallest absolute Gasteiger partial charge is 0.119 e. The van der Waals surface area contributed by atoms with Crippen molar-refractivity contribution in [2.45, 2.75) is 43.6 Å². The van der Waals surface area contributed by atoms with E-state index in [2.05, 4.69) is 46.9 Å². The summed E-state index contributed by atoms with van der Waals surface area (Å²) in [7, 11) is 0.